The maximum absolute atomic E-state index is 13.2. The van der Waals surface area contributed by atoms with Crippen LogP contribution in [0.2, 0.25) is 0 Å². The van der Waals surface area contributed by atoms with Gasteiger partial charge in [0.1, 0.15) is 0 Å². The van der Waals surface area contributed by atoms with Gasteiger partial charge < -0.3 is 19.1 Å². The first-order chi connectivity index (χ1) is 15.4. The molecule has 5 rings (SSSR count). The van der Waals surface area contributed by atoms with E-state index in [2.05, 4.69) is 18.7 Å². The number of carbonyl (C=O) groups excluding carboxylic acids is 2. The van der Waals surface area contributed by atoms with Crippen molar-refractivity contribution in [3.63, 3.8) is 0 Å². The van der Waals surface area contributed by atoms with Crippen molar-refractivity contribution in [2.45, 2.75) is 63.5 Å². The number of methoxy groups -OCH3 is 2. The second-order valence-electron chi connectivity index (χ2n) is 9.93. The van der Waals surface area contributed by atoms with E-state index in [4.69, 9.17) is 14.2 Å². The number of hydrogen-bond donors (Lipinski definition) is 0. The molecule has 2 unspecified atom stereocenters. The van der Waals surface area contributed by atoms with E-state index in [1.165, 1.54) is 32.6 Å². The number of carbonyl (C=O) groups is 2. The molecule has 1 aromatic rings. The SMILES string of the molecule is COC(=O)/C=C/c1cc(OC)c2c(c1C)[C@@]13CCN(CC4CC4)C(C)C1CCC(=O)[C@H]3O2. The smallest absolute Gasteiger partial charge is 0.330 e. The molecule has 0 bridgehead atoms. The lowest BCUT2D eigenvalue weighted by Crippen LogP contribution is -2.63. The van der Waals surface area contributed by atoms with E-state index in [0.717, 1.165) is 42.0 Å². The van der Waals surface area contributed by atoms with E-state index in [9.17, 15) is 9.59 Å². The Kier molecular flexibility index (Phi) is 5.31. The van der Waals surface area contributed by atoms with Crippen molar-refractivity contribution in [1.82, 2.24) is 4.90 Å². The van der Waals surface area contributed by atoms with Crippen LogP contribution >= 0.6 is 0 Å². The average molecular weight is 440 g/mol. The van der Waals surface area contributed by atoms with Gasteiger partial charge in [-0.1, -0.05) is 0 Å². The number of ketones is 1. The summed E-state index contributed by atoms with van der Waals surface area (Å²) in [4.78, 5) is 27.5. The number of piperidine rings is 1. The number of ether oxygens (including phenoxy) is 3. The summed E-state index contributed by atoms with van der Waals surface area (Å²) < 4.78 is 16.9. The molecule has 6 nitrogen and oxygen atoms in total. The van der Waals surface area contributed by atoms with Crippen LogP contribution in [0, 0.1) is 18.8 Å². The highest BCUT2D eigenvalue weighted by Crippen LogP contribution is 2.61. The van der Waals surface area contributed by atoms with Crippen LogP contribution in [0.5, 0.6) is 11.5 Å². The molecule has 2 aliphatic carbocycles. The van der Waals surface area contributed by atoms with Crippen molar-refractivity contribution in [1.29, 1.82) is 0 Å². The summed E-state index contributed by atoms with van der Waals surface area (Å²) in [6.45, 7) is 6.56. The fourth-order valence-electron chi connectivity index (χ4n) is 6.54. The minimum Gasteiger partial charge on any atom is -0.493 e. The second kappa shape index (κ2) is 7.91. The molecule has 3 fully saturated rings. The number of benzene rings is 1. The van der Waals surface area contributed by atoms with Crippen LogP contribution in [0.3, 0.4) is 0 Å². The number of Topliss-reactive ketones (excluding diaryl/α,β-unsaturated/α-hetero) is 1. The number of rotatable bonds is 5. The molecule has 4 atom stereocenters. The zero-order chi connectivity index (χ0) is 22.6. The Morgan fingerprint density at radius 3 is 2.78 bits per heavy atom. The Labute approximate surface area is 189 Å². The summed E-state index contributed by atoms with van der Waals surface area (Å²) in [5.41, 5.74) is 2.74. The van der Waals surface area contributed by atoms with Gasteiger partial charge in [-0.2, -0.15) is 0 Å². The molecule has 0 radical (unpaired) electrons. The number of fused-ring (bicyclic) bond motifs is 1. The van der Waals surface area contributed by atoms with Gasteiger partial charge in [0.15, 0.2) is 23.4 Å². The highest BCUT2D eigenvalue weighted by atomic mass is 16.5. The summed E-state index contributed by atoms with van der Waals surface area (Å²) in [5.74, 6) is 2.34. The number of likely N-dealkylation sites (tertiary alicyclic amines) is 1. The predicted octanol–water partition coefficient (Wildman–Crippen LogP) is 3.67. The van der Waals surface area contributed by atoms with E-state index in [0.29, 0.717) is 29.9 Å². The third kappa shape index (κ3) is 3.18. The van der Waals surface area contributed by atoms with Crippen molar-refractivity contribution in [2.24, 2.45) is 11.8 Å². The van der Waals surface area contributed by atoms with Gasteiger partial charge in [0, 0.05) is 36.1 Å². The molecule has 1 aromatic carbocycles. The molecule has 2 saturated carbocycles. The van der Waals surface area contributed by atoms with Crippen molar-refractivity contribution >= 4 is 17.8 Å². The standard InChI is InChI=1S/C26H33NO5/c1-15-18(7-10-22(29)31-4)13-21(30-3)24-23(15)26-11-12-27(14-17-5-6-17)16(2)19(26)8-9-20(28)25(26)32-24/h7,10,13,16-17,19,25H,5-6,8-9,11-12,14H2,1-4H3/b10-7+/t16?,19?,25-,26-/m1/s1. The first kappa shape index (κ1) is 21.5. The van der Waals surface area contributed by atoms with Gasteiger partial charge in [0.05, 0.1) is 14.2 Å². The summed E-state index contributed by atoms with van der Waals surface area (Å²) >= 11 is 0. The van der Waals surface area contributed by atoms with Gasteiger partial charge in [0.25, 0.3) is 0 Å². The number of esters is 1. The first-order valence-corrected chi connectivity index (χ1v) is 11.8. The quantitative estimate of drug-likeness (QED) is 0.515. The van der Waals surface area contributed by atoms with Crippen molar-refractivity contribution in [3.8, 4) is 11.5 Å². The highest BCUT2D eigenvalue weighted by Gasteiger charge is 2.63. The molecule has 1 spiro atoms. The molecular weight excluding hydrogens is 406 g/mol. The Morgan fingerprint density at radius 2 is 2.09 bits per heavy atom. The van der Waals surface area contributed by atoms with Crippen LogP contribution in [0.15, 0.2) is 12.1 Å². The Balaban J connectivity index is 1.63. The van der Waals surface area contributed by atoms with Crippen molar-refractivity contribution in [3.05, 3.63) is 28.8 Å². The lowest BCUT2D eigenvalue weighted by molar-refractivity contribution is -0.137. The molecule has 4 aliphatic rings. The maximum atomic E-state index is 13.2. The van der Waals surface area contributed by atoms with Crippen LogP contribution in [0.4, 0.5) is 0 Å². The van der Waals surface area contributed by atoms with Gasteiger partial charge in [-0.25, -0.2) is 4.79 Å². The lowest BCUT2D eigenvalue weighted by Gasteiger charge is -2.54. The summed E-state index contributed by atoms with van der Waals surface area (Å²) in [7, 11) is 3.00. The summed E-state index contributed by atoms with van der Waals surface area (Å²) in [6.07, 6.45) is 7.83. The summed E-state index contributed by atoms with van der Waals surface area (Å²) in [6, 6.07) is 2.29. The Morgan fingerprint density at radius 1 is 1.31 bits per heavy atom. The van der Waals surface area contributed by atoms with Gasteiger partial charge in [-0.15, -0.1) is 0 Å². The van der Waals surface area contributed by atoms with E-state index in [1.54, 1.807) is 13.2 Å². The molecule has 1 saturated heterocycles. The maximum Gasteiger partial charge on any atom is 0.330 e. The molecule has 0 aromatic heterocycles. The molecule has 32 heavy (non-hydrogen) atoms. The third-order valence-corrected chi connectivity index (χ3v) is 8.35. The Hall–Kier alpha value is -2.34. The number of nitrogens with zero attached hydrogens (tertiary/aromatic N) is 1. The molecule has 0 N–H and O–H groups in total. The Bertz CT molecular complexity index is 981. The van der Waals surface area contributed by atoms with Crippen LogP contribution in [0.1, 0.15) is 55.7 Å². The van der Waals surface area contributed by atoms with E-state index < -0.39 is 12.1 Å². The molecular formula is C26H33NO5. The molecule has 0 amide bonds. The van der Waals surface area contributed by atoms with E-state index >= 15 is 0 Å². The normalized spacial score (nSPS) is 31.6. The van der Waals surface area contributed by atoms with Crippen molar-refractivity contribution in [2.75, 3.05) is 27.3 Å². The number of hydrogen-bond acceptors (Lipinski definition) is 6. The fraction of sp³-hybridized carbons (Fsp3) is 0.615. The van der Waals surface area contributed by atoms with Gasteiger partial charge in [-0.3, -0.25) is 4.79 Å². The summed E-state index contributed by atoms with van der Waals surface area (Å²) in [5, 5.41) is 0. The van der Waals surface area contributed by atoms with Crippen molar-refractivity contribution < 1.29 is 23.8 Å². The molecule has 6 heteroatoms. The largest absolute Gasteiger partial charge is 0.493 e. The lowest BCUT2D eigenvalue weighted by atomic mass is 9.55. The average Bonchev–Trinajstić information content (AvgIpc) is 3.54. The fourth-order valence-corrected chi connectivity index (χ4v) is 6.54. The van der Waals surface area contributed by atoms with E-state index in [1.807, 2.05) is 6.07 Å². The van der Waals surface area contributed by atoms with Gasteiger partial charge in [0.2, 0.25) is 0 Å². The minimum absolute atomic E-state index is 0.202. The van der Waals surface area contributed by atoms with E-state index in [-0.39, 0.29) is 11.2 Å². The molecule has 2 aliphatic heterocycles. The molecule has 2 heterocycles. The van der Waals surface area contributed by atoms with Crippen LogP contribution in [0.25, 0.3) is 6.08 Å². The topological polar surface area (TPSA) is 65.1 Å². The monoisotopic (exact) mass is 439 g/mol. The molecule has 172 valence electrons. The highest BCUT2D eigenvalue weighted by molar-refractivity contribution is 5.90. The zero-order valence-electron chi connectivity index (χ0n) is 19.5. The second-order valence-corrected chi connectivity index (χ2v) is 9.93. The van der Waals surface area contributed by atoms with Crippen LogP contribution < -0.4 is 9.47 Å². The predicted molar refractivity (Wildman–Crippen MR) is 121 cm³/mol. The zero-order valence-corrected chi connectivity index (χ0v) is 19.5. The van der Waals surface area contributed by atoms with Crippen LogP contribution in [-0.2, 0) is 19.7 Å². The van der Waals surface area contributed by atoms with Crippen LogP contribution in [-0.4, -0.2) is 56.1 Å². The van der Waals surface area contributed by atoms with Gasteiger partial charge in [-0.05, 0) is 81.2 Å². The van der Waals surface area contributed by atoms with Gasteiger partial charge >= 0.3 is 5.97 Å². The third-order valence-electron chi connectivity index (χ3n) is 8.35. The first-order valence-electron chi connectivity index (χ1n) is 11.8. The minimum atomic E-state index is -0.450.